The van der Waals surface area contributed by atoms with Gasteiger partial charge in [0.15, 0.2) is 0 Å². The maximum absolute atomic E-state index is 13.4. The van der Waals surface area contributed by atoms with Crippen molar-refractivity contribution in [3.8, 4) is 0 Å². The monoisotopic (exact) mass is 383 g/mol. The second-order valence-electron chi connectivity index (χ2n) is 8.82. The molecule has 4 aliphatic rings. The number of amides is 2. The highest BCUT2D eigenvalue weighted by Crippen LogP contribution is 2.40. The minimum Gasteiger partial charge on any atom is -0.381 e. The van der Waals surface area contributed by atoms with Crippen LogP contribution >= 0.6 is 0 Å². The van der Waals surface area contributed by atoms with Crippen LogP contribution in [0.5, 0.6) is 0 Å². The van der Waals surface area contributed by atoms with E-state index in [0.29, 0.717) is 32.2 Å². The minimum atomic E-state index is -0.126. The molecule has 0 radical (unpaired) electrons. The van der Waals surface area contributed by atoms with Gasteiger partial charge in [-0.05, 0) is 56.6 Å². The van der Waals surface area contributed by atoms with Crippen LogP contribution in [-0.2, 0) is 20.7 Å². The maximum atomic E-state index is 13.4. The number of carbonyl (C=O) groups excluding carboxylic acids is 2. The third-order valence-corrected chi connectivity index (χ3v) is 7.20. The first-order chi connectivity index (χ1) is 13.7. The Morgan fingerprint density at radius 1 is 1.04 bits per heavy atom. The van der Waals surface area contributed by atoms with Gasteiger partial charge in [-0.25, -0.2) is 0 Å². The summed E-state index contributed by atoms with van der Waals surface area (Å²) in [6.07, 6.45) is 8.27. The van der Waals surface area contributed by atoms with Gasteiger partial charge < -0.3 is 14.5 Å². The molecular formula is C22H29N3O3. The number of aromatic nitrogens is 1. The van der Waals surface area contributed by atoms with E-state index in [2.05, 4.69) is 16.0 Å². The molecular weight excluding hydrogens is 354 g/mol. The fourth-order valence-electron chi connectivity index (χ4n) is 5.31. The molecule has 150 valence electrons. The van der Waals surface area contributed by atoms with Gasteiger partial charge in [0.1, 0.15) is 0 Å². The summed E-state index contributed by atoms with van der Waals surface area (Å²) in [7, 11) is 0. The van der Waals surface area contributed by atoms with Gasteiger partial charge in [0, 0.05) is 50.5 Å². The highest BCUT2D eigenvalue weighted by molar-refractivity contribution is 5.85. The zero-order valence-electron chi connectivity index (χ0n) is 16.4. The van der Waals surface area contributed by atoms with Gasteiger partial charge in [-0.1, -0.05) is 6.07 Å². The molecule has 1 unspecified atom stereocenters. The van der Waals surface area contributed by atoms with Gasteiger partial charge in [0.2, 0.25) is 11.8 Å². The van der Waals surface area contributed by atoms with Crippen molar-refractivity contribution in [2.45, 2.75) is 56.4 Å². The van der Waals surface area contributed by atoms with E-state index in [1.807, 2.05) is 11.0 Å². The van der Waals surface area contributed by atoms with Crippen molar-refractivity contribution in [2.24, 2.45) is 5.92 Å². The van der Waals surface area contributed by atoms with Gasteiger partial charge in [0.25, 0.3) is 0 Å². The topological polar surface area (TPSA) is 62.7 Å². The van der Waals surface area contributed by atoms with Gasteiger partial charge in [-0.15, -0.1) is 0 Å². The Morgan fingerprint density at radius 3 is 2.64 bits per heavy atom. The van der Waals surface area contributed by atoms with E-state index < -0.39 is 0 Å². The van der Waals surface area contributed by atoms with Crippen molar-refractivity contribution < 1.29 is 14.3 Å². The Morgan fingerprint density at radius 2 is 1.86 bits per heavy atom. The molecule has 1 saturated carbocycles. The number of hydrogen-bond acceptors (Lipinski definition) is 4. The number of carbonyl (C=O) groups is 2. The second kappa shape index (κ2) is 7.14. The van der Waals surface area contributed by atoms with Crippen molar-refractivity contribution in [3.05, 3.63) is 29.6 Å². The third-order valence-electron chi connectivity index (χ3n) is 7.20. The van der Waals surface area contributed by atoms with Crippen LogP contribution in [-0.4, -0.2) is 65.0 Å². The molecule has 1 atom stereocenters. The Kier molecular flexibility index (Phi) is 4.62. The fraction of sp³-hybridized carbons (Fsp3) is 0.682. The van der Waals surface area contributed by atoms with Gasteiger partial charge >= 0.3 is 0 Å². The zero-order valence-corrected chi connectivity index (χ0v) is 16.4. The molecule has 2 saturated heterocycles. The first kappa shape index (κ1) is 18.1. The molecule has 3 heterocycles. The average Bonchev–Trinajstić information content (AvgIpc) is 3.51. The van der Waals surface area contributed by atoms with Crippen LogP contribution < -0.4 is 0 Å². The normalized spacial score (nSPS) is 26.8. The van der Waals surface area contributed by atoms with Crippen LogP contribution in [0.25, 0.3) is 0 Å². The van der Waals surface area contributed by atoms with Crippen molar-refractivity contribution in [2.75, 3.05) is 32.8 Å². The molecule has 0 aromatic carbocycles. The van der Waals surface area contributed by atoms with Gasteiger partial charge in [-0.2, -0.15) is 0 Å². The van der Waals surface area contributed by atoms with Crippen molar-refractivity contribution in [1.82, 2.24) is 14.8 Å². The number of rotatable bonds is 2. The summed E-state index contributed by atoms with van der Waals surface area (Å²) >= 11 is 0. The summed E-state index contributed by atoms with van der Waals surface area (Å²) in [5.41, 5.74) is 2.05. The molecule has 28 heavy (non-hydrogen) atoms. The molecule has 3 fully saturated rings. The molecule has 1 aromatic heterocycles. The quantitative estimate of drug-likeness (QED) is 0.785. The van der Waals surface area contributed by atoms with E-state index in [-0.39, 0.29) is 23.3 Å². The SMILES string of the molecule is O=C(C1CCc2cccnc21)N1CCN(C(=O)C2CC2)C2(CCOCC2)CC1. The lowest BCUT2D eigenvalue weighted by atomic mass is 9.84. The number of pyridine rings is 1. The van der Waals surface area contributed by atoms with Crippen LogP contribution in [0.1, 0.15) is 55.7 Å². The largest absolute Gasteiger partial charge is 0.381 e. The summed E-state index contributed by atoms with van der Waals surface area (Å²) in [5.74, 6) is 0.602. The van der Waals surface area contributed by atoms with E-state index >= 15 is 0 Å². The van der Waals surface area contributed by atoms with Crippen LogP contribution in [0.3, 0.4) is 0 Å². The molecule has 1 spiro atoms. The molecule has 6 heteroatoms. The number of aryl methyl sites for hydroxylation is 1. The average molecular weight is 383 g/mol. The first-order valence-electron chi connectivity index (χ1n) is 10.8. The molecule has 1 aromatic rings. The van der Waals surface area contributed by atoms with E-state index in [1.165, 1.54) is 5.56 Å². The highest BCUT2D eigenvalue weighted by Gasteiger charge is 2.47. The van der Waals surface area contributed by atoms with Crippen LogP contribution in [0, 0.1) is 5.92 Å². The van der Waals surface area contributed by atoms with E-state index in [4.69, 9.17) is 4.74 Å². The number of nitrogens with zero attached hydrogens (tertiary/aromatic N) is 3. The van der Waals surface area contributed by atoms with Gasteiger partial charge in [0.05, 0.1) is 11.6 Å². The summed E-state index contributed by atoms with van der Waals surface area (Å²) in [6.45, 7) is 3.44. The van der Waals surface area contributed by atoms with Crippen molar-refractivity contribution in [3.63, 3.8) is 0 Å². The summed E-state index contributed by atoms with van der Waals surface area (Å²) in [5, 5.41) is 0. The lowest BCUT2D eigenvalue weighted by Gasteiger charge is -2.45. The van der Waals surface area contributed by atoms with E-state index in [0.717, 1.165) is 57.2 Å². The lowest BCUT2D eigenvalue weighted by molar-refractivity contribution is -0.143. The van der Waals surface area contributed by atoms with E-state index in [9.17, 15) is 9.59 Å². The Bertz CT molecular complexity index is 770. The second-order valence-corrected chi connectivity index (χ2v) is 8.82. The molecule has 2 aliphatic heterocycles. The Labute approximate surface area is 166 Å². The summed E-state index contributed by atoms with van der Waals surface area (Å²) in [6, 6.07) is 4.04. The van der Waals surface area contributed by atoms with Crippen molar-refractivity contribution in [1.29, 1.82) is 0 Å². The summed E-state index contributed by atoms with van der Waals surface area (Å²) in [4.78, 5) is 35.1. The maximum Gasteiger partial charge on any atom is 0.231 e. The number of hydrogen-bond donors (Lipinski definition) is 0. The standard InChI is InChI=1S/C22H29N3O3/c26-20(17-3-4-17)25-13-12-24(11-7-22(25)8-14-28-15-9-22)21(27)18-6-5-16-2-1-10-23-19(16)18/h1-2,10,17-18H,3-9,11-15H2. The number of ether oxygens (including phenoxy) is 1. The lowest BCUT2D eigenvalue weighted by Crippen LogP contribution is -2.55. The first-order valence-corrected chi connectivity index (χ1v) is 10.8. The smallest absolute Gasteiger partial charge is 0.231 e. The minimum absolute atomic E-state index is 0.118. The zero-order chi connectivity index (χ0) is 19.1. The molecule has 6 nitrogen and oxygen atoms in total. The molecule has 2 amide bonds. The molecule has 0 N–H and O–H groups in total. The summed E-state index contributed by atoms with van der Waals surface area (Å²) < 4.78 is 5.61. The third kappa shape index (κ3) is 3.11. The van der Waals surface area contributed by atoms with Crippen LogP contribution in [0.2, 0.25) is 0 Å². The Balaban J connectivity index is 1.36. The molecule has 2 aliphatic carbocycles. The van der Waals surface area contributed by atoms with Crippen LogP contribution in [0.15, 0.2) is 18.3 Å². The van der Waals surface area contributed by atoms with E-state index in [1.54, 1.807) is 6.20 Å². The highest BCUT2D eigenvalue weighted by atomic mass is 16.5. The van der Waals surface area contributed by atoms with Gasteiger partial charge in [-0.3, -0.25) is 14.6 Å². The predicted molar refractivity (Wildman–Crippen MR) is 104 cm³/mol. The van der Waals surface area contributed by atoms with Crippen molar-refractivity contribution >= 4 is 11.8 Å². The fourth-order valence-corrected chi connectivity index (χ4v) is 5.31. The Hall–Kier alpha value is -1.95. The van der Waals surface area contributed by atoms with Crippen LogP contribution in [0.4, 0.5) is 0 Å². The number of fused-ring (bicyclic) bond motifs is 1. The molecule has 5 rings (SSSR count). The predicted octanol–water partition coefficient (Wildman–Crippen LogP) is 2.13. The molecule has 0 bridgehead atoms.